The van der Waals surface area contributed by atoms with Gasteiger partial charge in [0, 0.05) is 47.4 Å². The molecule has 0 aliphatic heterocycles. The second-order valence-corrected chi connectivity index (χ2v) is 6.47. The van der Waals surface area contributed by atoms with E-state index < -0.39 is 0 Å². The third-order valence-corrected chi connectivity index (χ3v) is 4.80. The summed E-state index contributed by atoms with van der Waals surface area (Å²) in [5.41, 5.74) is 4.96. The molecular formula is C21H24N2O3. The van der Waals surface area contributed by atoms with E-state index in [4.69, 9.17) is 9.47 Å². The Morgan fingerprint density at radius 2 is 1.85 bits per heavy atom. The zero-order valence-electron chi connectivity index (χ0n) is 15.8. The molecule has 26 heavy (non-hydrogen) atoms. The highest BCUT2D eigenvalue weighted by atomic mass is 16.5. The Kier molecular flexibility index (Phi) is 4.89. The van der Waals surface area contributed by atoms with Gasteiger partial charge in [-0.15, -0.1) is 0 Å². The van der Waals surface area contributed by atoms with Crippen molar-refractivity contribution in [1.29, 1.82) is 0 Å². The fourth-order valence-electron chi connectivity index (χ4n) is 3.12. The molecule has 1 heterocycles. The Hall–Kier alpha value is -2.95. The lowest BCUT2D eigenvalue weighted by atomic mass is 10.1. The molecule has 1 aromatic heterocycles. The van der Waals surface area contributed by atoms with Crippen LogP contribution in [0, 0.1) is 13.8 Å². The summed E-state index contributed by atoms with van der Waals surface area (Å²) >= 11 is 0. The Morgan fingerprint density at radius 1 is 1.08 bits per heavy atom. The van der Waals surface area contributed by atoms with Gasteiger partial charge in [-0.25, -0.2) is 0 Å². The molecule has 0 unspecified atom stereocenters. The molecule has 5 nitrogen and oxygen atoms in total. The number of H-pyrrole nitrogens is 1. The topological polar surface area (TPSA) is 54.6 Å². The largest absolute Gasteiger partial charge is 0.497 e. The zero-order valence-corrected chi connectivity index (χ0v) is 15.8. The molecule has 0 spiro atoms. The molecule has 0 atom stereocenters. The van der Waals surface area contributed by atoms with Crippen molar-refractivity contribution in [3.8, 4) is 11.5 Å². The number of amides is 1. The molecule has 1 amide bonds. The predicted molar refractivity (Wildman–Crippen MR) is 103 cm³/mol. The molecule has 0 bridgehead atoms. The van der Waals surface area contributed by atoms with E-state index in [0.717, 1.165) is 27.9 Å². The fourth-order valence-corrected chi connectivity index (χ4v) is 3.12. The minimum absolute atomic E-state index is 0.0250. The standard InChI is InChI=1S/C21H24N2O3/c1-13-14(2)22-19-9-7-15(10-18(13)19)21(24)23(3)12-16-6-8-17(25-4)11-20(16)26-5/h6-11,22H,12H2,1-5H3. The summed E-state index contributed by atoms with van der Waals surface area (Å²) in [5.74, 6) is 1.41. The third-order valence-electron chi connectivity index (χ3n) is 4.80. The Morgan fingerprint density at radius 3 is 2.54 bits per heavy atom. The molecule has 1 N–H and O–H groups in total. The maximum absolute atomic E-state index is 12.9. The number of carbonyl (C=O) groups excluding carboxylic acids is 1. The van der Waals surface area contributed by atoms with Crippen molar-refractivity contribution in [3.05, 3.63) is 58.8 Å². The van der Waals surface area contributed by atoms with Crippen molar-refractivity contribution in [2.45, 2.75) is 20.4 Å². The lowest BCUT2D eigenvalue weighted by molar-refractivity contribution is 0.0784. The summed E-state index contributed by atoms with van der Waals surface area (Å²) in [6, 6.07) is 11.4. The molecule has 0 saturated carbocycles. The lowest BCUT2D eigenvalue weighted by Crippen LogP contribution is -2.26. The minimum atomic E-state index is -0.0250. The van der Waals surface area contributed by atoms with Gasteiger partial charge in [0.1, 0.15) is 11.5 Å². The van der Waals surface area contributed by atoms with Gasteiger partial charge in [0.05, 0.1) is 14.2 Å². The first-order valence-corrected chi connectivity index (χ1v) is 8.50. The molecular weight excluding hydrogens is 328 g/mol. The fraction of sp³-hybridized carbons (Fsp3) is 0.286. The van der Waals surface area contributed by atoms with E-state index in [1.54, 1.807) is 26.2 Å². The molecule has 5 heteroatoms. The van der Waals surface area contributed by atoms with Gasteiger partial charge >= 0.3 is 0 Å². The number of nitrogens with zero attached hydrogens (tertiary/aromatic N) is 1. The first-order chi connectivity index (χ1) is 12.4. The quantitative estimate of drug-likeness (QED) is 0.753. The number of hydrogen-bond acceptors (Lipinski definition) is 3. The van der Waals surface area contributed by atoms with Gasteiger partial charge in [-0.1, -0.05) is 0 Å². The van der Waals surface area contributed by atoms with E-state index >= 15 is 0 Å². The van der Waals surface area contributed by atoms with Gasteiger partial charge in [0.2, 0.25) is 0 Å². The van der Waals surface area contributed by atoms with Crippen molar-refractivity contribution < 1.29 is 14.3 Å². The van der Waals surface area contributed by atoms with Crippen LogP contribution in [-0.4, -0.2) is 37.1 Å². The van der Waals surface area contributed by atoms with E-state index in [0.29, 0.717) is 17.9 Å². The summed E-state index contributed by atoms with van der Waals surface area (Å²) in [6.45, 7) is 4.56. The molecule has 0 radical (unpaired) electrons. The van der Waals surface area contributed by atoms with E-state index in [1.165, 1.54) is 5.56 Å². The van der Waals surface area contributed by atoms with Crippen molar-refractivity contribution in [2.24, 2.45) is 0 Å². The average Bonchev–Trinajstić information content (AvgIpc) is 2.94. The number of benzene rings is 2. The zero-order chi connectivity index (χ0) is 18.8. The summed E-state index contributed by atoms with van der Waals surface area (Å²) in [7, 11) is 5.03. The van der Waals surface area contributed by atoms with Crippen LogP contribution in [-0.2, 0) is 6.54 Å². The maximum atomic E-state index is 12.9. The second-order valence-electron chi connectivity index (χ2n) is 6.47. The summed E-state index contributed by atoms with van der Waals surface area (Å²) in [6.07, 6.45) is 0. The van der Waals surface area contributed by atoms with E-state index in [2.05, 4.69) is 11.9 Å². The van der Waals surface area contributed by atoms with Gasteiger partial charge in [-0.3, -0.25) is 4.79 Å². The number of ether oxygens (including phenoxy) is 2. The van der Waals surface area contributed by atoms with Gasteiger partial charge in [0.25, 0.3) is 5.91 Å². The first kappa shape index (κ1) is 17.9. The highest BCUT2D eigenvalue weighted by molar-refractivity contribution is 5.99. The smallest absolute Gasteiger partial charge is 0.253 e. The van der Waals surface area contributed by atoms with Crippen LogP contribution in [0.2, 0.25) is 0 Å². The number of methoxy groups -OCH3 is 2. The van der Waals surface area contributed by atoms with E-state index in [1.807, 2.05) is 43.3 Å². The number of carbonyl (C=O) groups is 1. The van der Waals surface area contributed by atoms with Crippen LogP contribution < -0.4 is 9.47 Å². The number of hydrogen-bond donors (Lipinski definition) is 1. The average molecular weight is 352 g/mol. The summed E-state index contributed by atoms with van der Waals surface area (Å²) in [5, 5.41) is 1.09. The van der Waals surface area contributed by atoms with Crippen LogP contribution in [0.15, 0.2) is 36.4 Å². The van der Waals surface area contributed by atoms with Gasteiger partial charge in [-0.05, 0) is 49.7 Å². The SMILES string of the molecule is COc1ccc(CN(C)C(=O)c2ccc3[nH]c(C)c(C)c3c2)c(OC)c1. The molecule has 0 fully saturated rings. The highest BCUT2D eigenvalue weighted by Gasteiger charge is 2.16. The number of aryl methyl sites for hydroxylation is 2. The molecule has 2 aromatic carbocycles. The van der Waals surface area contributed by atoms with Crippen LogP contribution in [0.25, 0.3) is 10.9 Å². The van der Waals surface area contributed by atoms with E-state index in [-0.39, 0.29) is 5.91 Å². The normalized spacial score (nSPS) is 10.8. The van der Waals surface area contributed by atoms with Crippen LogP contribution in [0.1, 0.15) is 27.2 Å². The van der Waals surface area contributed by atoms with Crippen molar-refractivity contribution in [3.63, 3.8) is 0 Å². The van der Waals surface area contributed by atoms with Crippen LogP contribution in [0.4, 0.5) is 0 Å². The van der Waals surface area contributed by atoms with Crippen LogP contribution in [0.3, 0.4) is 0 Å². The number of aromatic nitrogens is 1. The monoisotopic (exact) mass is 352 g/mol. The van der Waals surface area contributed by atoms with E-state index in [9.17, 15) is 4.79 Å². The van der Waals surface area contributed by atoms with Crippen molar-refractivity contribution in [2.75, 3.05) is 21.3 Å². The van der Waals surface area contributed by atoms with Crippen molar-refractivity contribution >= 4 is 16.8 Å². The molecule has 0 saturated heterocycles. The van der Waals surface area contributed by atoms with Gasteiger partial charge < -0.3 is 19.4 Å². The van der Waals surface area contributed by atoms with Crippen LogP contribution >= 0.6 is 0 Å². The molecule has 3 rings (SSSR count). The summed E-state index contributed by atoms with van der Waals surface area (Å²) in [4.78, 5) is 17.9. The van der Waals surface area contributed by atoms with Crippen molar-refractivity contribution in [1.82, 2.24) is 9.88 Å². The third kappa shape index (κ3) is 3.25. The number of aromatic amines is 1. The second kappa shape index (κ2) is 7.12. The molecule has 136 valence electrons. The van der Waals surface area contributed by atoms with Gasteiger partial charge in [0.15, 0.2) is 0 Å². The minimum Gasteiger partial charge on any atom is -0.497 e. The highest BCUT2D eigenvalue weighted by Crippen LogP contribution is 2.27. The van der Waals surface area contributed by atoms with Crippen LogP contribution in [0.5, 0.6) is 11.5 Å². The Labute approximate surface area is 153 Å². The maximum Gasteiger partial charge on any atom is 0.253 e. The first-order valence-electron chi connectivity index (χ1n) is 8.50. The number of nitrogens with one attached hydrogen (secondary N) is 1. The Balaban J connectivity index is 1.85. The molecule has 0 aliphatic rings. The molecule has 3 aromatic rings. The summed E-state index contributed by atoms with van der Waals surface area (Å²) < 4.78 is 10.7. The number of fused-ring (bicyclic) bond motifs is 1. The number of rotatable bonds is 5. The van der Waals surface area contributed by atoms with Gasteiger partial charge in [-0.2, -0.15) is 0 Å². The Bertz CT molecular complexity index is 959. The predicted octanol–water partition coefficient (Wildman–Crippen LogP) is 4.07. The lowest BCUT2D eigenvalue weighted by Gasteiger charge is -2.19. The molecule has 0 aliphatic carbocycles.